The van der Waals surface area contributed by atoms with Gasteiger partial charge in [-0.05, 0) is 43.0 Å². The highest BCUT2D eigenvalue weighted by atomic mass is 32.1. The normalized spacial score (nSPS) is 13.1. The Balaban J connectivity index is 1.46. The lowest BCUT2D eigenvalue weighted by atomic mass is 10.1. The lowest BCUT2D eigenvalue weighted by molar-refractivity contribution is 0.0703. The Morgan fingerprint density at radius 3 is 2.38 bits per heavy atom. The van der Waals surface area contributed by atoms with Crippen molar-refractivity contribution in [3.8, 4) is 21.8 Å². The summed E-state index contributed by atoms with van der Waals surface area (Å²) in [7, 11) is -2.29. The molecule has 200 valence electrons. The molecule has 2 N–H and O–H groups in total. The van der Waals surface area contributed by atoms with Crippen molar-refractivity contribution in [3.05, 3.63) is 88.6 Å². The number of aromatic nitrogens is 3. The van der Waals surface area contributed by atoms with Crippen molar-refractivity contribution < 1.29 is 19.0 Å². The smallest absolute Gasteiger partial charge is 0.349 e. The molecule has 0 aliphatic rings. The van der Waals surface area contributed by atoms with E-state index in [0.717, 1.165) is 44.9 Å². The van der Waals surface area contributed by atoms with E-state index in [9.17, 15) is 14.5 Å². The molecule has 0 radical (unpaired) electrons. The van der Waals surface area contributed by atoms with Crippen LogP contribution in [0.4, 0.5) is 5.82 Å². The van der Waals surface area contributed by atoms with Gasteiger partial charge in [-0.25, -0.2) is 14.8 Å². The number of aryl methyl sites for hydroxylation is 2. The lowest BCUT2D eigenvalue weighted by Crippen LogP contribution is -2.17. The van der Waals surface area contributed by atoms with E-state index in [1.54, 1.807) is 6.07 Å². The Labute approximate surface area is 230 Å². The third-order valence-corrected chi connectivity index (χ3v) is 9.82. The van der Waals surface area contributed by atoms with E-state index in [-0.39, 0.29) is 10.7 Å². The number of hydrogen-bond donors (Lipinski definition) is 2. The average molecular weight is 561 g/mol. The molecule has 0 amide bonds. The van der Waals surface area contributed by atoms with Gasteiger partial charge in [0.2, 0.25) is 0 Å². The SMILES string of the molecule is COP(=O)(Nc1nc(-c2ccc(-c3cn4cc(C(C)C)ccc4n3)cc2)sc1C(=O)O)c1ccc(C)cc1C. The Morgan fingerprint density at radius 1 is 1.03 bits per heavy atom. The summed E-state index contributed by atoms with van der Waals surface area (Å²) in [5.74, 6) is -0.726. The minimum absolute atomic E-state index is 0.0121. The first-order valence-corrected chi connectivity index (χ1v) is 14.9. The quantitative estimate of drug-likeness (QED) is 0.194. The van der Waals surface area contributed by atoms with E-state index in [2.05, 4.69) is 36.2 Å². The predicted octanol–water partition coefficient (Wildman–Crippen LogP) is 7.14. The first-order valence-electron chi connectivity index (χ1n) is 12.4. The fourth-order valence-electron chi connectivity index (χ4n) is 4.42. The van der Waals surface area contributed by atoms with Crippen LogP contribution in [0.15, 0.2) is 67.0 Å². The van der Waals surface area contributed by atoms with Gasteiger partial charge in [-0.15, -0.1) is 11.3 Å². The van der Waals surface area contributed by atoms with Crippen molar-refractivity contribution in [2.24, 2.45) is 0 Å². The van der Waals surface area contributed by atoms with Crippen molar-refractivity contribution in [2.45, 2.75) is 33.6 Å². The van der Waals surface area contributed by atoms with Gasteiger partial charge < -0.3 is 14.0 Å². The Bertz CT molecular complexity index is 1740. The number of fused-ring (bicyclic) bond motifs is 1. The van der Waals surface area contributed by atoms with Crippen LogP contribution in [0.25, 0.3) is 27.5 Å². The fraction of sp³-hybridized carbons (Fsp3) is 0.207. The molecular weight excluding hydrogens is 531 g/mol. The second-order valence-electron chi connectivity index (χ2n) is 9.72. The second-order valence-corrected chi connectivity index (χ2v) is 12.9. The molecule has 0 spiro atoms. The van der Waals surface area contributed by atoms with Crippen LogP contribution in [0.5, 0.6) is 0 Å². The van der Waals surface area contributed by atoms with Gasteiger partial charge in [-0.2, -0.15) is 0 Å². The Hall–Kier alpha value is -3.78. The summed E-state index contributed by atoms with van der Waals surface area (Å²) in [5.41, 5.74) is 6.41. The first-order chi connectivity index (χ1) is 18.6. The standard InChI is InChI=1S/C29H29N4O4PS/c1-17(2)22-11-13-25-30-23(16-33(25)15-22)20-7-9-21(10-8-20)28-31-27(26(39-28)29(34)35)32-38(36,37-5)24-12-6-18(3)14-19(24)4/h6-17H,1-5H3,(H,32,36)(H,34,35). The van der Waals surface area contributed by atoms with Gasteiger partial charge in [0.1, 0.15) is 10.7 Å². The number of carbonyl (C=O) groups is 1. The topological polar surface area (TPSA) is 106 Å². The summed E-state index contributed by atoms with van der Waals surface area (Å²) in [6.07, 6.45) is 4.10. The molecular formula is C29H29N4O4PS. The number of nitrogens with one attached hydrogen (secondary N) is 1. The van der Waals surface area contributed by atoms with Crippen LogP contribution >= 0.6 is 18.9 Å². The van der Waals surface area contributed by atoms with Gasteiger partial charge in [0.05, 0.1) is 11.0 Å². The minimum atomic E-state index is -3.63. The molecule has 5 aromatic rings. The number of thiazole rings is 1. The predicted molar refractivity (Wildman–Crippen MR) is 157 cm³/mol. The number of carboxylic acids is 1. The van der Waals surface area contributed by atoms with E-state index in [1.165, 1.54) is 12.7 Å². The van der Waals surface area contributed by atoms with Crippen LogP contribution in [-0.2, 0) is 9.09 Å². The molecule has 0 aliphatic heterocycles. The molecule has 0 fully saturated rings. The molecule has 8 nitrogen and oxygen atoms in total. The highest BCUT2D eigenvalue weighted by Gasteiger charge is 2.31. The zero-order chi connectivity index (χ0) is 27.9. The molecule has 0 aliphatic carbocycles. The Kier molecular flexibility index (Phi) is 7.16. The summed E-state index contributed by atoms with van der Waals surface area (Å²) in [6, 6.07) is 17.2. The number of benzene rings is 2. The first kappa shape index (κ1) is 26.8. The van der Waals surface area contributed by atoms with E-state index in [0.29, 0.717) is 16.2 Å². The number of aromatic carboxylic acids is 1. The van der Waals surface area contributed by atoms with Crippen molar-refractivity contribution in [2.75, 3.05) is 12.2 Å². The Morgan fingerprint density at radius 2 is 1.74 bits per heavy atom. The molecule has 2 aromatic carbocycles. The number of pyridine rings is 1. The highest BCUT2D eigenvalue weighted by molar-refractivity contribution is 7.68. The molecule has 0 saturated heterocycles. The number of rotatable bonds is 8. The average Bonchev–Trinajstić information content (AvgIpc) is 3.52. The molecule has 10 heteroatoms. The monoisotopic (exact) mass is 560 g/mol. The third kappa shape index (κ3) is 5.26. The maximum atomic E-state index is 13.8. The summed E-state index contributed by atoms with van der Waals surface area (Å²) in [4.78, 5) is 21.3. The highest BCUT2D eigenvalue weighted by Crippen LogP contribution is 2.47. The molecule has 1 atom stereocenters. The maximum absolute atomic E-state index is 13.8. The molecule has 1 unspecified atom stereocenters. The largest absolute Gasteiger partial charge is 0.477 e. The van der Waals surface area contributed by atoms with Crippen molar-refractivity contribution >= 4 is 41.6 Å². The van der Waals surface area contributed by atoms with Crippen LogP contribution in [-0.4, -0.2) is 32.6 Å². The van der Waals surface area contributed by atoms with Crippen molar-refractivity contribution in [1.82, 2.24) is 14.4 Å². The van der Waals surface area contributed by atoms with E-state index < -0.39 is 13.5 Å². The van der Waals surface area contributed by atoms with Crippen LogP contribution in [0, 0.1) is 13.8 Å². The number of nitrogens with zero attached hydrogens (tertiary/aromatic N) is 3. The molecule has 3 heterocycles. The van der Waals surface area contributed by atoms with Crippen LogP contribution < -0.4 is 10.4 Å². The lowest BCUT2D eigenvalue weighted by Gasteiger charge is -2.20. The zero-order valence-corrected chi connectivity index (χ0v) is 24.0. The molecule has 0 bridgehead atoms. The molecule has 3 aromatic heterocycles. The number of hydrogen-bond acceptors (Lipinski definition) is 6. The van der Waals surface area contributed by atoms with E-state index in [4.69, 9.17) is 9.51 Å². The van der Waals surface area contributed by atoms with E-state index in [1.807, 2.05) is 66.9 Å². The summed E-state index contributed by atoms with van der Waals surface area (Å²) in [6.45, 7) is 8.10. The number of anilines is 1. The van der Waals surface area contributed by atoms with Gasteiger partial charge in [0, 0.05) is 30.6 Å². The second kappa shape index (κ2) is 10.4. The van der Waals surface area contributed by atoms with Gasteiger partial charge in [0.15, 0.2) is 10.7 Å². The van der Waals surface area contributed by atoms with Gasteiger partial charge >= 0.3 is 13.5 Å². The molecule has 5 rings (SSSR count). The number of carboxylic acid groups (broad SMARTS) is 1. The van der Waals surface area contributed by atoms with Gasteiger partial charge in [0.25, 0.3) is 0 Å². The van der Waals surface area contributed by atoms with Crippen LogP contribution in [0.3, 0.4) is 0 Å². The zero-order valence-electron chi connectivity index (χ0n) is 22.3. The van der Waals surface area contributed by atoms with E-state index >= 15 is 0 Å². The summed E-state index contributed by atoms with van der Waals surface area (Å²) in [5, 5.41) is 13.6. The maximum Gasteiger partial charge on any atom is 0.349 e. The van der Waals surface area contributed by atoms with Gasteiger partial charge in [-0.3, -0.25) is 9.65 Å². The number of imidazole rings is 1. The molecule has 0 saturated carbocycles. The summed E-state index contributed by atoms with van der Waals surface area (Å²) >= 11 is 1.01. The third-order valence-electron chi connectivity index (χ3n) is 6.57. The van der Waals surface area contributed by atoms with Crippen molar-refractivity contribution in [1.29, 1.82) is 0 Å². The minimum Gasteiger partial charge on any atom is -0.477 e. The molecule has 39 heavy (non-hydrogen) atoms. The van der Waals surface area contributed by atoms with Crippen molar-refractivity contribution in [3.63, 3.8) is 0 Å². The van der Waals surface area contributed by atoms with Gasteiger partial charge in [-0.1, -0.05) is 61.9 Å². The van der Waals surface area contributed by atoms with Crippen LogP contribution in [0.1, 0.15) is 46.1 Å². The van der Waals surface area contributed by atoms with Crippen LogP contribution in [0.2, 0.25) is 0 Å². The summed E-state index contributed by atoms with van der Waals surface area (Å²) < 4.78 is 21.2. The fourth-order valence-corrected chi connectivity index (χ4v) is 7.01.